The van der Waals surface area contributed by atoms with E-state index in [9.17, 15) is 4.79 Å². The van der Waals surface area contributed by atoms with Crippen LogP contribution >= 0.6 is 0 Å². The van der Waals surface area contributed by atoms with Gasteiger partial charge < -0.3 is 14.7 Å². The third-order valence-corrected chi connectivity index (χ3v) is 4.37. The molecule has 0 saturated carbocycles. The predicted octanol–water partition coefficient (Wildman–Crippen LogP) is 3.85. The van der Waals surface area contributed by atoms with Crippen LogP contribution in [0.4, 0.5) is 5.69 Å². The van der Waals surface area contributed by atoms with Crippen LogP contribution < -0.4 is 9.64 Å². The van der Waals surface area contributed by atoms with E-state index < -0.39 is 11.4 Å². The van der Waals surface area contributed by atoms with Gasteiger partial charge in [0.2, 0.25) is 5.91 Å². The number of carbonyl (C=O) groups excluding carboxylic acids is 1. The van der Waals surface area contributed by atoms with Crippen LogP contribution in [0.15, 0.2) is 48.5 Å². The Morgan fingerprint density at radius 1 is 1.12 bits per heavy atom. The Morgan fingerprint density at radius 3 is 2.27 bits per heavy atom. The number of hydrogen-bond acceptors (Lipinski definition) is 3. The molecular formula is C21H25NO4. The highest BCUT2D eigenvalue weighted by Gasteiger charge is 2.56. The first kappa shape index (κ1) is 19.5. The van der Waals surface area contributed by atoms with Crippen molar-refractivity contribution in [1.29, 1.82) is 0 Å². The molecule has 138 valence electrons. The van der Waals surface area contributed by atoms with E-state index in [0.29, 0.717) is 13.2 Å². The fraction of sp³-hybridized carbons (Fsp3) is 0.333. The maximum Gasteiger partial charge on any atom is 0.300 e. The molecule has 2 aromatic carbocycles. The molecule has 5 nitrogen and oxygen atoms in total. The van der Waals surface area contributed by atoms with E-state index in [0.717, 1.165) is 29.5 Å². The van der Waals surface area contributed by atoms with E-state index >= 15 is 0 Å². The summed E-state index contributed by atoms with van der Waals surface area (Å²) < 4.78 is 5.81. The molecule has 4 rings (SSSR count). The lowest BCUT2D eigenvalue weighted by atomic mass is 9.77. The fourth-order valence-corrected chi connectivity index (χ4v) is 3.45. The molecule has 2 aromatic rings. The van der Waals surface area contributed by atoms with Crippen molar-refractivity contribution >= 4 is 17.6 Å². The molecule has 5 heteroatoms. The second-order valence-corrected chi connectivity index (χ2v) is 5.78. The standard InChI is InChI=1S/C17H15NO2.C2H4O2.C2H6/c1-2-18-14-9-5-3-7-12(14)17(16(18)19)11-20-15-10-6-4-8-13(15)17;1-2(3)4;1-2/h3-10H,2,11H2,1H3;1H3,(H,3,4);1-2H3. The molecule has 2 aliphatic rings. The van der Waals surface area contributed by atoms with Gasteiger partial charge in [-0.05, 0) is 24.6 Å². The topological polar surface area (TPSA) is 66.8 Å². The smallest absolute Gasteiger partial charge is 0.300 e. The summed E-state index contributed by atoms with van der Waals surface area (Å²) >= 11 is 0. The molecule has 0 bridgehead atoms. The monoisotopic (exact) mass is 355 g/mol. The van der Waals surface area contributed by atoms with Crippen molar-refractivity contribution in [2.24, 2.45) is 0 Å². The van der Waals surface area contributed by atoms with Crippen LogP contribution in [0, 0.1) is 0 Å². The lowest BCUT2D eigenvalue weighted by Gasteiger charge is -2.22. The van der Waals surface area contributed by atoms with E-state index in [2.05, 4.69) is 0 Å². The highest BCUT2D eigenvalue weighted by atomic mass is 16.5. The molecule has 1 unspecified atom stereocenters. The van der Waals surface area contributed by atoms with Crippen molar-refractivity contribution in [2.75, 3.05) is 18.1 Å². The molecule has 0 aliphatic carbocycles. The number of hydrogen-bond donors (Lipinski definition) is 1. The lowest BCUT2D eigenvalue weighted by Crippen LogP contribution is -2.42. The van der Waals surface area contributed by atoms with Crippen LogP contribution in [0.5, 0.6) is 5.75 Å². The minimum absolute atomic E-state index is 0.131. The Hall–Kier alpha value is -2.82. The van der Waals surface area contributed by atoms with Gasteiger partial charge in [0.1, 0.15) is 17.8 Å². The average molecular weight is 355 g/mol. The number of para-hydroxylation sites is 2. The third kappa shape index (κ3) is 3.05. The highest BCUT2D eigenvalue weighted by molar-refractivity contribution is 6.11. The van der Waals surface area contributed by atoms with E-state index in [1.807, 2.05) is 74.2 Å². The van der Waals surface area contributed by atoms with Crippen molar-refractivity contribution < 1.29 is 19.4 Å². The maximum atomic E-state index is 13.0. The average Bonchev–Trinajstić information content (AvgIpc) is 3.15. The minimum Gasteiger partial charge on any atom is -0.491 e. The number of nitrogens with zero attached hydrogens (tertiary/aromatic N) is 1. The molecule has 2 aliphatic heterocycles. The van der Waals surface area contributed by atoms with Gasteiger partial charge in [0, 0.05) is 24.7 Å². The number of fused-ring (bicyclic) bond motifs is 4. The predicted molar refractivity (Wildman–Crippen MR) is 102 cm³/mol. The fourth-order valence-electron chi connectivity index (χ4n) is 3.45. The molecule has 0 saturated heterocycles. The minimum atomic E-state index is -0.833. The van der Waals surface area contributed by atoms with Gasteiger partial charge in [0.25, 0.3) is 5.97 Å². The zero-order valence-electron chi connectivity index (χ0n) is 15.7. The van der Waals surface area contributed by atoms with Gasteiger partial charge in [-0.1, -0.05) is 50.2 Å². The van der Waals surface area contributed by atoms with Gasteiger partial charge in [-0.2, -0.15) is 0 Å². The van der Waals surface area contributed by atoms with Crippen molar-refractivity contribution in [2.45, 2.75) is 33.1 Å². The number of carboxylic acid groups (broad SMARTS) is 1. The number of ether oxygens (including phenoxy) is 1. The zero-order valence-corrected chi connectivity index (χ0v) is 15.7. The molecule has 2 heterocycles. The number of amides is 1. The number of benzene rings is 2. The quantitative estimate of drug-likeness (QED) is 0.844. The molecule has 1 N–H and O–H groups in total. The van der Waals surface area contributed by atoms with Gasteiger partial charge in [-0.15, -0.1) is 0 Å². The number of anilines is 1. The van der Waals surface area contributed by atoms with E-state index in [4.69, 9.17) is 14.6 Å². The molecule has 1 spiro atoms. The summed E-state index contributed by atoms with van der Waals surface area (Å²) in [7, 11) is 0. The Morgan fingerprint density at radius 2 is 1.65 bits per heavy atom. The molecule has 0 aromatic heterocycles. The molecule has 1 atom stereocenters. The summed E-state index contributed by atoms with van der Waals surface area (Å²) in [6, 6.07) is 15.9. The van der Waals surface area contributed by atoms with Gasteiger partial charge in [0.15, 0.2) is 0 Å². The van der Waals surface area contributed by atoms with Gasteiger partial charge in [-0.3, -0.25) is 9.59 Å². The number of rotatable bonds is 1. The highest BCUT2D eigenvalue weighted by Crippen LogP contribution is 2.51. The first-order valence-corrected chi connectivity index (χ1v) is 8.85. The Kier molecular flexibility index (Phi) is 6.03. The van der Waals surface area contributed by atoms with Crippen LogP contribution in [0.1, 0.15) is 38.8 Å². The second kappa shape index (κ2) is 8.04. The van der Waals surface area contributed by atoms with Crippen LogP contribution in [0.25, 0.3) is 0 Å². The van der Waals surface area contributed by atoms with Crippen molar-refractivity contribution in [3.8, 4) is 5.75 Å². The summed E-state index contributed by atoms with van der Waals surface area (Å²) in [6.45, 7) is 8.17. The van der Waals surface area contributed by atoms with Gasteiger partial charge in [0.05, 0.1) is 0 Å². The first-order chi connectivity index (χ1) is 12.5. The zero-order chi connectivity index (χ0) is 19.3. The van der Waals surface area contributed by atoms with Crippen LogP contribution in [-0.2, 0) is 15.0 Å². The summed E-state index contributed by atoms with van der Waals surface area (Å²) in [5.41, 5.74) is 2.42. The summed E-state index contributed by atoms with van der Waals surface area (Å²) in [5.74, 6) is 0.125. The first-order valence-electron chi connectivity index (χ1n) is 8.85. The Labute approximate surface area is 154 Å². The molecule has 0 fully saturated rings. The maximum absolute atomic E-state index is 13.0. The van der Waals surface area contributed by atoms with Gasteiger partial charge in [-0.25, -0.2) is 0 Å². The number of carboxylic acids is 1. The molecule has 26 heavy (non-hydrogen) atoms. The van der Waals surface area contributed by atoms with Crippen LogP contribution in [0.2, 0.25) is 0 Å². The molecule has 0 radical (unpaired) electrons. The Balaban J connectivity index is 0.000000361. The van der Waals surface area contributed by atoms with Crippen LogP contribution in [0.3, 0.4) is 0 Å². The Bertz CT molecular complexity index is 798. The number of likely N-dealkylation sites (N-methyl/N-ethyl adjacent to an activating group) is 1. The van der Waals surface area contributed by atoms with Crippen molar-refractivity contribution in [1.82, 2.24) is 0 Å². The van der Waals surface area contributed by atoms with Crippen molar-refractivity contribution in [3.05, 3.63) is 59.7 Å². The largest absolute Gasteiger partial charge is 0.491 e. The SMILES string of the molecule is CC.CC(=O)O.CCN1C(=O)C2(COc3ccccc32)c2ccccc21. The van der Waals surface area contributed by atoms with Crippen LogP contribution in [-0.4, -0.2) is 30.1 Å². The number of aliphatic carboxylic acids is 1. The van der Waals surface area contributed by atoms with Gasteiger partial charge >= 0.3 is 0 Å². The van der Waals surface area contributed by atoms with E-state index in [1.54, 1.807) is 0 Å². The van der Waals surface area contributed by atoms with Crippen molar-refractivity contribution in [3.63, 3.8) is 0 Å². The summed E-state index contributed by atoms with van der Waals surface area (Å²) in [4.78, 5) is 23.9. The summed E-state index contributed by atoms with van der Waals surface area (Å²) in [5, 5.41) is 7.42. The second-order valence-electron chi connectivity index (χ2n) is 5.78. The normalized spacial score (nSPS) is 18.8. The van der Waals surface area contributed by atoms with E-state index in [1.165, 1.54) is 0 Å². The third-order valence-electron chi connectivity index (χ3n) is 4.37. The summed E-state index contributed by atoms with van der Waals surface area (Å²) in [6.07, 6.45) is 0. The molecule has 1 amide bonds. The lowest BCUT2D eigenvalue weighted by molar-refractivity contribution is -0.134. The number of carbonyl (C=O) groups is 2. The molecular weight excluding hydrogens is 330 g/mol. The van der Waals surface area contributed by atoms with E-state index in [-0.39, 0.29) is 5.91 Å².